The van der Waals surface area contributed by atoms with Crippen LogP contribution in [0.4, 0.5) is 0 Å². The van der Waals surface area contributed by atoms with Crippen molar-refractivity contribution in [1.29, 1.82) is 10.5 Å². The first-order valence-corrected chi connectivity index (χ1v) is 4.85. The number of H-pyrrole nitrogens is 1. The van der Waals surface area contributed by atoms with Crippen molar-refractivity contribution < 1.29 is 0 Å². The molecule has 0 fully saturated rings. The van der Waals surface area contributed by atoms with Crippen LogP contribution in [0.15, 0.2) is 30.3 Å². The van der Waals surface area contributed by atoms with E-state index in [0.717, 1.165) is 16.8 Å². The second-order valence-corrected chi connectivity index (χ2v) is 3.52. The predicted molar refractivity (Wildman–Crippen MR) is 60.4 cm³/mol. The van der Waals surface area contributed by atoms with Crippen LogP contribution < -0.4 is 0 Å². The summed E-state index contributed by atoms with van der Waals surface area (Å²) in [5.74, 6) is 0. The lowest BCUT2D eigenvalue weighted by atomic mass is 10.0. The van der Waals surface area contributed by atoms with Crippen LogP contribution in [0.3, 0.4) is 0 Å². The fourth-order valence-corrected chi connectivity index (χ4v) is 1.64. The van der Waals surface area contributed by atoms with Crippen molar-refractivity contribution in [2.24, 2.45) is 0 Å². The van der Waals surface area contributed by atoms with E-state index < -0.39 is 0 Å². The molecule has 2 rings (SSSR count). The molecule has 76 valence electrons. The molecule has 0 spiro atoms. The fraction of sp³-hybridized carbons (Fsp3) is 0.0769. The number of aromatic amines is 1. The topological polar surface area (TPSA) is 63.4 Å². The highest BCUT2D eigenvalue weighted by molar-refractivity contribution is 5.68. The molecule has 0 unspecified atom stereocenters. The van der Waals surface area contributed by atoms with Crippen molar-refractivity contribution >= 4 is 0 Å². The quantitative estimate of drug-likeness (QED) is 0.781. The molecule has 1 N–H and O–H groups in total. The lowest BCUT2D eigenvalue weighted by Crippen LogP contribution is -1.79. The molecule has 0 bridgehead atoms. The molecular weight excluding hydrogens is 198 g/mol. The fourth-order valence-electron chi connectivity index (χ4n) is 1.64. The van der Waals surface area contributed by atoms with Gasteiger partial charge in [-0.1, -0.05) is 12.1 Å². The Kier molecular flexibility index (Phi) is 2.45. The van der Waals surface area contributed by atoms with Crippen molar-refractivity contribution in [3.63, 3.8) is 0 Å². The van der Waals surface area contributed by atoms with Gasteiger partial charge >= 0.3 is 0 Å². The van der Waals surface area contributed by atoms with Crippen molar-refractivity contribution in [3.8, 4) is 23.3 Å². The van der Waals surface area contributed by atoms with E-state index in [0.29, 0.717) is 11.3 Å². The van der Waals surface area contributed by atoms with Gasteiger partial charge in [0.05, 0.1) is 11.6 Å². The summed E-state index contributed by atoms with van der Waals surface area (Å²) >= 11 is 0. The third kappa shape index (κ3) is 1.67. The maximum Gasteiger partial charge on any atom is 0.118 e. The van der Waals surface area contributed by atoms with Gasteiger partial charge in [0.15, 0.2) is 0 Å². The second-order valence-electron chi connectivity index (χ2n) is 3.52. The lowest BCUT2D eigenvalue weighted by molar-refractivity contribution is 1.23. The summed E-state index contributed by atoms with van der Waals surface area (Å²) in [5, 5.41) is 17.5. The van der Waals surface area contributed by atoms with Crippen LogP contribution in [0.25, 0.3) is 11.1 Å². The van der Waals surface area contributed by atoms with Crippen LogP contribution in [0.5, 0.6) is 0 Å². The molecule has 0 aliphatic heterocycles. The van der Waals surface area contributed by atoms with E-state index in [2.05, 4.69) is 17.1 Å². The molecule has 0 radical (unpaired) electrons. The molecule has 0 amide bonds. The highest BCUT2D eigenvalue weighted by atomic mass is 14.7. The first-order valence-electron chi connectivity index (χ1n) is 4.85. The van der Waals surface area contributed by atoms with Gasteiger partial charge in [-0.15, -0.1) is 0 Å². The van der Waals surface area contributed by atoms with Crippen LogP contribution in [0.1, 0.15) is 17.0 Å². The van der Waals surface area contributed by atoms with Gasteiger partial charge in [0.2, 0.25) is 0 Å². The van der Waals surface area contributed by atoms with E-state index in [1.807, 2.05) is 25.1 Å². The van der Waals surface area contributed by atoms with E-state index in [1.54, 1.807) is 12.1 Å². The van der Waals surface area contributed by atoms with Crippen molar-refractivity contribution in [1.82, 2.24) is 4.98 Å². The summed E-state index contributed by atoms with van der Waals surface area (Å²) in [7, 11) is 0. The van der Waals surface area contributed by atoms with Crippen LogP contribution in [0, 0.1) is 29.6 Å². The van der Waals surface area contributed by atoms with E-state index >= 15 is 0 Å². The Bertz CT molecular complexity index is 592. The number of aromatic nitrogens is 1. The van der Waals surface area contributed by atoms with Gasteiger partial charge in [0.1, 0.15) is 11.8 Å². The molecule has 0 aliphatic carbocycles. The number of nitriles is 2. The van der Waals surface area contributed by atoms with Crippen molar-refractivity contribution in [2.75, 3.05) is 0 Å². The third-order valence-corrected chi connectivity index (χ3v) is 2.46. The van der Waals surface area contributed by atoms with Gasteiger partial charge < -0.3 is 4.98 Å². The average molecular weight is 207 g/mol. The van der Waals surface area contributed by atoms with Gasteiger partial charge in [-0.25, -0.2) is 0 Å². The molecule has 2 aromatic rings. The molecule has 0 atom stereocenters. The smallest absolute Gasteiger partial charge is 0.118 e. The summed E-state index contributed by atoms with van der Waals surface area (Å²) in [4.78, 5) is 3.00. The van der Waals surface area contributed by atoms with Crippen molar-refractivity contribution in [3.05, 3.63) is 47.3 Å². The summed E-state index contributed by atoms with van der Waals surface area (Å²) in [6.07, 6.45) is 0. The van der Waals surface area contributed by atoms with E-state index in [4.69, 9.17) is 10.5 Å². The molecule has 0 saturated heterocycles. The lowest BCUT2D eigenvalue weighted by Gasteiger charge is -1.99. The first kappa shape index (κ1) is 10.0. The normalized spacial score (nSPS) is 9.44. The second kappa shape index (κ2) is 3.92. The Hall–Kier alpha value is -2.52. The number of rotatable bonds is 1. The van der Waals surface area contributed by atoms with Gasteiger partial charge in [0, 0.05) is 11.3 Å². The third-order valence-electron chi connectivity index (χ3n) is 2.46. The Morgan fingerprint density at radius 3 is 2.25 bits per heavy atom. The Labute approximate surface area is 93.6 Å². The van der Waals surface area contributed by atoms with Crippen LogP contribution in [-0.4, -0.2) is 4.98 Å². The minimum atomic E-state index is 0.553. The van der Waals surface area contributed by atoms with E-state index in [-0.39, 0.29) is 0 Å². The van der Waals surface area contributed by atoms with Crippen LogP contribution >= 0.6 is 0 Å². The summed E-state index contributed by atoms with van der Waals surface area (Å²) in [6, 6.07) is 13.3. The molecule has 0 aliphatic rings. The summed E-state index contributed by atoms with van der Waals surface area (Å²) in [6.45, 7) is 1.92. The van der Waals surface area contributed by atoms with Gasteiger partial charge in [-0.05, 0) is 30.7 Å². The van der Waals surface area contributed by atoms with Gasteiger partial charge in [-0.2, -0.15) is 10.5 Å². The number of nitrogens with zero attached hydrogens (tertiary/aromatic N) is 2. The zero-order valence-electron chi connectivity index (χ0n) is 8.78. The molecule has 0 saturated carbocycles. The maximum atomic E-state index is 8.78. The first-order chi connectivity index (χ1) is 7.74. The minimum absolute atomic E-state index is 0.553. The molecule has 1 aromatic carbocycles. The average Bonchev–Trinajstić information content (AvgIpc) is 2.71. The molecule has 3 nitrogen and oxygen atoms in total. The standard InChI is InChI=1S/C13H9N3/c1-9-13(6-12(8-15)16-9)11-4-2-10(7-14)3-5-11/h2-6,16H,1H3. The van der Waals surface area contributed by atoms with Crippen LogP contribution in [0.2, 0.25) is 0 Å². The molecule has 1 aromatic heterocycles. The Morgan fingerprint density at radius 1 is 1.06 bits per heavy atom. The Balaban J connectivity index is 2.47. The zero-order chi connectivity index (χ0) is 11.5. The predicted octanol–water partition coefficient (Wildman–Crippen LogP) is 2.73. The van der Waals surface area contributed by atoms with Crippen molar-refractivity contribution in [2.45, 2.75) is 6.92 Å². The van der Waals surface area contributed by atoms with Gasteiger partial charge in [0.25, 0.3) is 0 Å². The molecular formula is C13H9N3. The monoisotopic (exact) mass is 207 g/mol. The van der Waals surface area contributed by atoms with E-state index in [9.17, 15) is 0 Å². The molecule has 16 heavy (non-hydrogen) atoms. The highest BCUT2D eigenvalue weighted by Crippen LogP contribution is 2.24. The number of hydrogen-bond acceptors (Lipinski definition) is 2. The largest absolute Gasteiger partial charge is 0.350 e. The highest BCUT2D eigenvalue weighted by Gasteiger charge is 2.06. The Morgan fingerprint density at radius 2 is 1.75 bits per heavy atom. The molecule has 3 heteroatoms. The molecule has 1 heterocycles. The maximum absolute atomic E-state index is 8.78. The number of benzene rings is 1. The zero-order valence-corrected chi connectivity index (χ0v) is 8.78. The number of nitrogens with one attached hydrogen (secondary N) is 1. The number of aryl methyl sites for hydroxylation is 1. The SMILES string of the molecule is Cc1[nH]c(C#N)cc1-c1ccc(C#N)cc1. The summed E-state index contributed by atoms with van der Waals surface area (Å²) in [5.41, 5.74) is 4.16. The number of hydrogen-bond donors (Lipinski definition) is 1. The summed E-state index contributed by atoms with van der Waals surface area (Å²) < 4.78 is 0. The minimum Gasteiger partial charge on any atom is -0.350 e. The van der Waals surface area contributed by atoms with Crippen LogP contribution in [-0.2, 0) is 0 Å². The van der Waals surface area contributed by atoms with Gasteiger partial charge in [-0.3, -0.25) is 0 Å². The van der Waals surface area contributed by atoms with E-state index in [1.165, 1.54) is 0 Å².